The molecule has 0 N–H and O–H groups in total. The Bertz CT molecular complexity index is 749. The molecule has 0 saturated carbocycles. The third kappa shape index (κ3) is 3.41. The molecule has 1 atom stereocenters. The van der Waals surface area contributed by atoms with E-state index in [0.717, 1.165) is 29.1 Å². The maximum atomic E-state index is 12.7. The number of halogens is 1. The van der Waals surface area contributed by atoms with Gasteiger partial charge in [-0.3, -0.25) is 4.79 Å². The molecular formula is C20H22ClNO2. The number of hydrogen-bond acceptors (Lipinski definition) is 2. The van der Waals surface area contributed by atoms with Crippen LogP contribution in [0.15, 0.2) is 36.4 Å². The third-order valence-electron chi connectivity index (χ3n) is 4.51. The van der Waals surface area contributed by atoms with Crippen LogP contribution in [0.5, 0.6) is 5.75 Å². The van der Waals surface area contributed by atoms with E-state index in [9.17, 15) is 4.79 Å². The summed E-state index contributed by atoms with van der Waals surface area (Å²) in [6.45, 7) is 7.08. The summed E-state index contributed by atoms with van der Waals surface area (Å²) in [4.78, 5) is 14.6. The van der Waals surface area contributed by atoms with Crippen molar-refractivity contribution in [3.63, 3.8) is 0 Å². The van der Waals surface area contributed by atoms with Crippen molar-refractivity contribution >= 4 is 17.5 Å². The third-order valence-corrected chi connectivity index (χ3v) is 5.11. The van der Waals surface area contributed by atoms with Crippen molar-refractivity contribution < 1.29 is 9.53 Å². The Labute approximate surface area is 148 Å². The quantitative estimate of drug-likeness (QED) is 0.831. The topological polar surface area (TPSA) is 29.5 Å². The molecule has 0 unspecified atom stereocenters. The van der Waals surface area contributed by atoms with Crippen molar-refractivity contribution in [3.8, 4) is 5.75 Å². The molecule has 2 aromatic carbocycles. The molecule has 2 aromatic rings. The zero-order valence-corrected chi connectivity index (χ0v) is 15.1. The average molecular weight is 344 g/mol. The molecule has 1 heterocycles. The Morgan fingerprint density at radius 2 is 1.79 bits per heavy atom. The van der Waals surface area contributed by atoms with Gasteiger partial charge in [0.1, 0.15) is 5.75 Å². The molecule has 1 aliphatic heterocycles. The van der Waals surface area contributed by atoms with Gasteiger partial charge in [-0.05, 0) is 61.6 Å². The Kier molecular flexibility index (Phi) is 4.81. The normalized spacial score (nSPS) is 14.9. The number of aryl methyl sites for hydroxylation is 2. The molecule has 3 rings (SSSR count). The fraction of sp³-hybridized carbons (Fsp3) is 0.350. The zero-order chi connectivity index (χ0) is 17.3. The molecule has 0 fully saturated rings. The van der Waals surface area contributed by atoms with Gasteiger partial charge in [-0.2, -0.15) is 0 Å². The molecule has 3 nitrogen and oxygen atoms in total. The summed E-state index contributed by atoms with van der Waals surface area (Å²) in [5, 5.41) is 0.744. The number of nitrogens with zero attached hydrogens (tertiary/aromatic N) is 1. The standard InChI is InChI=1S/C20H22ClNO2/c1-13-10-18(11-14(2)19(13)21)24-15(3)20(23)22-9-8-16-6-4-5-7-17(16)12-22/h4-7,10-11,15H,8-9,12H2,1-3H3/t15-/m0/s1. The van der Waals surface area contributed by atoms with E-state index in [1.807, 2.05) is 49.9 Å². The molecule has 24 heavy (non-hydrogen) atoms. The van der Waals surface area contributed by atoms with E-state index in [1.165, 1.54) is 11.1 Å². The van der Waals surface area contributed by atoms with Gasteiger partial charge in [0.2, 0.25) is 0 Å². The van der Waals surface area contributed by atoms with E-state index < -0.39 is 6.10 Å². The lowest BCUT2D eigenvalue weighted by molar-refractivity contribution is -0.138. The monoisotopic (exact) mass is 343 g/mol. The van der Waals surface area contributed by atoms with Gasteiger partial charge < -0.3 is 9.64 Å². The van der Waals surface area contributed by atoms with Crippen LogP contribution in [-0.2, 0) is 17.8 Å². The Hall–Kier alpha value is -2.00. The second-order valence-corrected chi connectivity index (χ2v) is 6.79. The summed E-state index contributed by atoms with van der Waals surface area (Å²) >= 11 is 6.19. The summed E-state index contributed by atoms with van der Waals surface area (Å²) in [6.07, 6.45) is 0.378. The zero-order valence-electron chi connectivity index (χ0n) is 14.3. The minimum atomic E-state index is -0.518. The van der Waals surface area contributed by atoms with Gasteiger partial charge in [-0.15, -0.1) is 0 Å². The minimum absolute atomic E-state index is 0.0229. The van der Waals surface area contributed by atoms with Crippen LogP contribution in [0, 0.1) is 13.8 Å². The molecular weight excluding hydrogens is 322 g/mol. The summed E-state index contributed by atoms with van der Waals surface area (Å²) in [6, 6.07) is 12.1. The first kappa shape index (κ1) is 16.8. The van der Waals surface area contributed by atoms with Gasteiger partial charge in [0.25, 0.3) is 5.91 Å². The lowest BCUT2D eigenvalue weighted by atomic mass is 9.99. The highest BCUT2D eigenvalue weighted by Gasteiger charge is 2.25. The largest absolute Gasteiger partial charge is 0.481 e. The Morgan fingerprint density at radius 3 is 2.46 bits per heavy atom. The number of amides is 1. The lowest BCUT2D eigenvalue weighted by Crippen LogP contribution is -2.43. The van der Waals surface area contributed by atoms with Gasteiger partial charge >= 0.3 is 0 Å². The van der Waals surface area contributed by atoms with E-state index in [0.29, 0.717) is 12.3 Å². The fourth-order valence-corrected chi connectivity index (χ4v) is 3.28. The molecule has 1 amide bonds. The van der Waals surface area contributed by atoms with Crippen molar-refractivity contribution in [1.29, 1.82) is 0 Å². The molecule has 0 aromatic heterocycles. The van der Waals surface area contributed by atoms with E-state index in [-0.39, 0.29) is 5.91 Å². The number of carbonyl (C=O) groups is 1. The summed E-state index contributed by atoms with van der Waals surface area (Å²) in [5.41, 5.74) is 4.47. The smallest absolute Gasteiger partial charge is 0.263 e. The fourth-order valence-electron chi connectivity index (χ4n) is 3.17. The van der Waals surface area contributed by atoms with Crippen LogP contribution in [-0.4, -0.2) is 23.5 Å². The summed E-state index contributed by atoms with van der Waals surface area (Å²) < 4.78 is 5.88. The maximum absolute atomic E-state index is 12.7. The van der Waals surface area contributed by atoms with Crippen molar-refractivity contribution in [2.45, 2.75) is 39.8 Å². The van der Waals surface area contributed by atoms with Crippen LogP contribution < -0.4 is 4.74 Å². The number of carbonyl (C=O) groups excluding carboxylic acids is 1. The highest BCUT2D eigenvalue weighted by atomic mass is 35.5. The predicted octanol–water partition coefficient (Wildman–Crippen LogP) is 4.31. The minimum Gasteiger partial charge on any atom is -0.481 e. The first-order valence-electron chi connectivity index (χ1n) is 8.24. The number of fused-ring (bicyclic) bond motifs is 1. The Balaban J connectivity index is 1.70. The molecule has 0 spiro atoms. The van der Waals surface area contributed by atoms with Gasteiger partial charge in [0.05, 0.1) is 0 Å². The average Bonchev–Trinajstić information content (AvgIpc) is 2.58. The van der Waals surface area contributed by atoms with Crippen molar-refractivity contribution in [1.82, 2.24) is 4.90 Å². The number of ether oxygens (including phenoxy) is 1. The Morgan fingerprint density at radius 1 is 1.17 bits per heavy atom. The number of benzene rings is 2. The van der Waals surface area contributed by atoms with Crippen LogP contribution in [0.3, 0.4) is 0 Å². The van der Waals surface area contributed by atoms with E-state index in [1.54, 1.807) is 0 Å². The van der Waals surface area contributed by atoms with Gasteiger partial charge in [0, 0.05) is 18.1 Å². The van der Waals surface area contributed by atoms with E-state index >= 15 is 0 Å². The molecule has 0 saturated heterocycles. The second kappa shape index (κ2) is 6.86. The van der Waals surface area contributed by atoms with Crippen molar-refractivity contribution in [3.05, 3.63) is 63.7 Å². The van der Waals surface area contributed by atoms with Gasteiger partial charge in [0.15, 0.2) is 6.10 Å². The summed E-state index contributed by atoms with van der Waals surface area (Å²) in [7, 11) is 0. The van der Waals surface area contributed by atoms with Crippen LogP contribution in [0.2, 0.25) is 5.02 Å². The van der Waals surface area contributed by atoms with Crippen LogP contribution >= 0.6 is 11.6 Å². The first-order chi connectivity index (χ1) is 11.5. The number of hydrogen-bond donors (Lipinski definition) is 0. The van der Waals surface area contributed by atoms with Crippen molar-refractivity contribution in [2.75, 3.05) is 6.54 Å². The molecule has 126 valence electrons. The first-order valence-corrected chi connectivity index (χ1v) is 8.62. The van der Waals surface area contributed by atoms with Crippen molar-refractivity contribution in [2.24, 2.45) is 0 Å². The predicted molar refractivity (Wildman–Crippen MR) is 96.6 cm³/mol. The molecule has 0 bridgehead atoms. The van der Waals surface area contributed by atoms with Gasteiger partial charge in [-0.25, -0.2) is 0 Å². The lowest BCUT2D eigenvalue weighted by Gasteiger charge is -2.31. The molecule has 0 aliphatic carbocycles. The van der Waals surface area contributed by atoms with E-state index in [4.69, 9.17) is 16.3 Å². The van der Waals surface area contributed by atoms with E-state index in [2.05, 4.69) is 12.1 Å². The number of rotatable bonds is 3. The molecule has 0 radical (unpaired) electrons. The van der Waals surface area contributed by atoms with Crippen LogP contribution in [0.1, 0.15) is 29.2 Å². The summed E-state index contributed by atoms with van der Waals surface area (Å²) in [5.74, 6) is 0.711. The highest BCUT2D eigenvalue weighted by Crippen LogP contribution is 2.27. The van der Waals surface area contributed by atoms with Crippen LogP contribution in [0.25, 0.3) is 0 Å². The molecule has 4 heteroatoms. The van der Waals surface area contributed by atoms with Crippen LogP contribution in [0.4, 0.5) is 0 Å². The molecule has 1 aliphatic rings. The highest BCUT2D eigenvalue weighted by molar-refractivity contribution is 6.32. The second-order valence-electron chi connectivity index (χ2n) is 6.41. The maximum Gasteiger partial charge on any atom is 0.263 e. The van der Waals surface area contributed by atoms with Gasteiger partial charge in [-0.1, -0.05) is 35.9 Å². The SMILES string of the molecule is Cc1cc(O[C@@H](C)C(=O)N2CCc3ccccc3C2)cc(C)c1Cl.